The number of nitrogen functional groups attached to an aromatic ring is 1. The lowest BCUT2D eigenvalue weighted by Crippen LogP contribution is -2.39. The molecule has 0 spiro atoms. The van der Waals surface area contributed by atoms with Crippen LogP contribution >= 0.6 is 0 Å². The van der Waals surface area contributed by atoms with Gasteiger partial charge in [-0.25, -0.2) is 4.39 Å². The minimum atomic E-state index is -0.459. The number of likely N-dealkylation sites (tertiary alicyclic amines) is 1. The van der Waals surface area contributed by atoms with E-state index in [1.807, 2.05) is 0 Å². The van der Waals surface area contributed by atoms with E-state index in [9.17, 15) is 9.18 Å². The van der Waals surface area contributed by atoms with Crippen LogP contribution in [0.15, 0.2) is 18.2 Å². The van der Waals surface area contributed by atoms with Gasteiger partial charge in [0, 0.05) is 5.69 Å². The molecule has 1 heterocycles. The first kappa shape index (κ1) is 15.8. The van der Waals surface area contributed by atoms with Crippen molar-refractivity contribution in [1.29, 1.82) is 0 Å². The molecule has 1 amide bonds. The Kier molecular flexibility index (Phi) is 5.56. The number of piperidine rings is 1. The molecule has 3 N–H and O–H groups in total. The Morgan fingerprint density at radius 3 is 2.81 bits per heavy atom. The van der Waals surface area contributed by atoms with E-state index in [-0.39, 0.29) is 11.6 Å². The monoisotopic (exact) mass is 293 g/mol. The predicted molar refractivity (Wildman–Crippen MR) is 83.5 cm³/mol. The highest BCUT2D eigenvalue weighted by atomic mass is 19.1. The number of nitrogens with zero attached hydrogens (tertiary/aromatic N) is 1. The number of nitrogens with two attached hydrogens (primary N) is 1. The van der Waals surface area contributed by atoms with Crippen molar-refractivity contribution in [3.8, 4) is 0 Å². The zero-order valence-corrected chi connectivity index (χ0v) is 12.6. The third kappa shape index (κ3) is 4.70. The van der Waals surface area contributed by atoms with Gasteiger partial charge >= 0.3 is 0 Å². The first-order chi connectivity index (χ1) is 10.1. The molecular formula is C16H24FN3O. The average Bonchev–Trinajstić information content (AvgIpc) is 2.45. The molecule has 116 valence electrons. The molecule has 0 aromatic heterocycles. The van der Waals surface area contributed by atoms with Gasteiger partial charge in [-0.2, -0.15) is 0 Å². The fourth-order valence-electron chi connectivity index (χ4n) is 2.87. The van der Waals surface area contributed by atoms with Crippen molar-refractivity contribution < 1.29 is 9.18 Å². The second-order valence-corrected chi connectivity index (χ2v) is 5.80. The van der Waals surface area contributed by atoms with Crippen LogP contribution in [0.4, 0.5) is 15.8 Å². The molecule has 1 aliphatic rings. The van der Waals surface area contributed by atoms with Crippen molar-refractivity contribution in [2.24, 2.45) is 5.92 Å². The summed E-state index contributed by atoms with van der Waals surface area (Å²) in [6.07, 6.45) is 4.79. The lowest BCUT2D eigenvalue weighted by Gasteiger charge is -2.31. The van der Waals surface area contributed by atoms with Crippen LogP contribution in [0.5, 0.6) is 0 Å². The molecular weight excluding hydrogens is 269 g/mol. The number of hydrogen-bond acceptors (Lipinski definition) is 3. The molecule has 0 radical (unpaired) electrons. The topological polar surface area (TPSA) is 58.4 Å². The molecule has 0 bridgehead atoms. The van der Waals surface area contributed by atoms with E-state index < -0.39 is 5.82 Å². The molecule has 1 fully saturated rings. The van der Waals surface area contributed by atoms with E-state index in [0.29, 0.717) is 12.2 Å². The Morgan fingerprint density at radius 2 is 2.14 bits per heavy atom. The molecule has 0 unspecified atom stereocenters. The normalized spacial score (nSPS) is 16.9. The maximum Gasteiger partial charge on any atom is 0.238 e. The van der Waals surface area contributed by atoms with Crippen molar-refractivity contribution >= 4 is 17.3 Å². The Bertz CT molecular complexity index is 484. The highest BCUT2D eigenvalue weighted by molar-refractivity contribution is 5.92. The van der Waals surface area contributed by atoms with Crippen LogP contribution in [0.1, 0.15) is 32.6 Å². The molecule has 1 aliphatic heterocycles. The number of nitrogens with one attached hydrogen (secondary N) is 1. The number of rotatable bonds is 5. The lowest BCUT2D eigenvalue weighted by molar-refractivity contribution is -0.117. The summed E-state index contributed by atoms with van der Waals surface area (Å²) < 4.78 is 13.6. The second-order valence-electron chi connectivity index (χ2n) is 5.80. The number of anilines is 2. The Balaban J connectivity index is 1.81. The Labute approximate surface area is 125 Å². The smallest absolute Gasteiger partial charge is 0.238 e. The second kappa shape index (κ2) is 7.41. The summed E-state index contributed by atoms with van der Waals surface area (Å²) in [4.78, 5) is 14.1. The summed E-state index contributed by atoms with van der Waals surface area (Å²) in [6, 6.07) is 4.19. The number of carbonyl (C=O) groups excluding carboxylic acids is 1. The van der Waals surface area contributed by atoms with Crippen LogP contribution in [0.2, 0.25) is 0 Å². The van der Waals surface area contributed by atoms with Gasteiger partial charge in [0.25, 0.3) is 0 Å². The van der Waals surface area contributed by atoms with Gasteiger partial charge in [-0.05, 0) is 50.0 Å². The molecule has 0 atom stereocenters. The number of hydrogen-bond donors (Lipinski definition) is 2. The summed E-state index contributed by atoms with van der Waals surface area (Å²) in [7, 11) is 0. The van der Waals surface area contributed by atoms with Crippen LogP contribution in [0.3, 0.4) is 0 Å². The number of halogens is 1. The molecule has 5 heteroatoms. The van der Waals surface area contributed by atoms with Gasteiger partial charge in [0.15, 0.2) is 0 Å². The maximum atomic E-state index is 13.6. The van der Waals surface area contributed by atoms with E-state index in [2.05, 4.69) is 17.1 Å². The summed E-state index contributed by atoms with van der Waals surface area (Å²) in [5.74, 6) is 0.147. The first-order valence-electron chi connectivity index (χ1n) is 7.65. The van der Waals surface area contributed by atoms with Gasteiger partial charge in [0.1, 0.15) is 5.82 Å². The van der Waals surface area contributed by atoms with Crippen molar-refractivity contribution in [2.45, 2.75) is 32.6 Å². The minimum Gasteiger partial charge on any atom is -0.399 e. The summed E-state index contributed by atoms with van der Waals surface area (Å²) in [6.45, 7) is 4.40. The van der Waals surface area contributed by atoms with Crippen molar-refractivity contribution in [1.82, 2.24) is 4.90 Å². The molecule has 1 saturated heterocycles. The quantitative estimate of drug-likeness (QED) is 0.821. The summed E-state index contributed by atoms with van der Waals surface area (Å²) in [5, 5.41) is 2.60. The highest BCUT2D eigenvalue weighted by Gasteiger charge is 2.20. The minimum absolute atomic E-state index is 0.154. The summed E-state index contributed by atoms with van der Waals surface area (Å²) >= 11 is 0. The van der Waals surface area contributed by atoms with Crippen LogP contribution in [0, 0.1) is 11.7 Å². The zero-order valence-electron chi connectivity index (χ0n) is 12.6. The standard InChI is InChI=1S/C16H24FN3O/c1-2-3-12-6-8-20(9-7-12)11-16(21)19-15-10-13(18)4-5-14(15)17/h4-5,10,12H,2-3,6-9,11,18H2,1H3,(H,19,21). The molecule has 1 aromatic carbocycles. The predicted octanol–water partition coefficient (Wildman–Crippen LogP) is 2.86. The van der Waals surface area contributed by atoms with Gasteiger partial charge in [-0.3, -0.25) is 9.69 Å². The molecule has 0 aliphatic carbocycles. The van der Waals surface area contributed by atoms with Crippen LogP contribution in [-0.2, 0) is 4.79 Å². The highest BCUT2D eigenvalue weighted by Crippen LogP contribution is 2.22. The third-order valence-electron chi connectivity index (χ3n) is 4.04. The first-order valence-corrected chi connectivity index (χ1v) is 7.65. The van der Waals surface area contributed by atoms with E-state index in [4.69, 9.17) is 5.73 Å². The largest absolute Gasteiger partial charge is 0.399 e. The zero-order chi connectivity index (χ0) is 15.2. The van der Waals surface area contributed by atoms with Crippen molar-refractivity contribution in [2.75, 3.05) is 30.7 Å². The Hall–Kier alpha value is -1.62. The fraction of sp³-hybridized carbons (Fsp3) is 0.562. The van der Waals surface area contributed by atoms with Gasteiger partial charge in [0.05, 0.1) is 12.2 Å². The van der Waals surface area contributed by atoms with Crippen LogP contribution in [0.25, 0.3) is 0 Å². The van der Waals surface area contributed by atoms with E-state index >= 15 is 0 Å². The molecule has 4 nitrogen and oxygen atoms in total. The van der Waals surface area contributed by atoms with Crippen LogP contribution < -0.4 is 11.1 Å². The molecule has 21 heavy (non-hydrogen) atoms. The third-order valence-corrected chi connectivity index (χ3v) is 4.04. The number of carbonyl (C=O) groups is 1. The van der Waals surface area contributed by atoms with Gasteiger partial charge in [0.2, 0.25) is 5.91 Å². The Morgan fingerprint density at radius 1 is 1.43 bits per heavy atom. The van der Waals surface area contributed by atoms with Gasteiger partial charge in [-0.1, -0.05) is 19.8 Å². The van der Waals surface area contributed by atoms with Crippen LogP contribution in [-0.4, -0.2) is 30.4 Å². The lowest BCUT2D eigenvalue weighted by atomic mass is 9.92. The number of amides is 1. The van der Waals surface area contributed by atoms with E-state index in [1.54, 1.807) is 0 Å². The average molecular weight is 293 g/mol. The van der Waals surface area contributed by atoms with E-state index in [0.717, 1.165) is 31.8 Å². The van der Waals surface area contributed by atoms with Gasteiger partial charge in [-0.15, -0.1) is 0 Å². The van der Waals surface area contributed by atoms with Crippen molar-refractivity contribution in [3.63, 3.8) is 0 Å². The fourth-order valence-corrected chi connectivity index (χ4v) is 2.87. The molecule has 1 aromatic rings. The molecule has 0 saturated carbocycles. The SMILES string of the molecule is CCCC1CCN(CC(=O)Nc2cc(N)ccc2F)CC1. The van der Waals surface area contributed by atoms with Crippen molar-refractivity contribution in [3.05, 3.63) is 24.0 Å². The van der Waals surface area contributed by atoms with E-state index in [1.165, 1.54) is 31.0 Å². The number of benzene rings is 1. The summed E-state index contributed by atoms with van der Waals surface area (Å²) in [5.41, 5.74) is 6.19. The maximum absolute atomic E-state index is 13.6. The molecule has 2 rings (SSSR count). The van der Waals surface area contributed by atoms with Gasteiger partial charge < -0.3 is 11.1 Å².